The Bertz CT molecular complexity index is 280. The molecule has 5 aliphatic rings. The first-order valence-corrected chi connectivity index (χ1v) is 8.27. The standard InChI is InChI=1S/C16H28N2/c17-1-2-18-15-8-14(9-15)16-12-4-10-3-11(6-12)7-13(16)5-10/h10-16,18H,1-9,17H2. The minimum absolute atomic E-state index is 0.791. The molecule has 5 rings (SSSR count). The van der Waals surface area contributed by atoms with Gasteiger partial charge < -0.3 is 11.1 Å². The van der Waals surface area contributed by atoms with Crippen molar-refractivity contribution in [2.24, 2.45) is 41.2 Å². The van der Waals surface area contributed by atoms with Crippen molar-refractivity contribution in [3.8, 4) is 0 Å². The zero-order valence-corrected chi connectivity index (χ0v) is 11.5. The largest absolute Gasteiger partial charge is 0.329 e. The van der Waals surface area contributed by atoms with Crippen molar-refractivity contribution in [1.82, 2.24) is 5.32 Å². The van der Waals surface area contributed by atoms with E-state index in [0.29, 0.717) is 0 Å². The zero-order chi connectivity index (χ0) is 12.1. The SMILES string of the molecule is NCCNC1CC(C2C3CC4CC(C3)CC2C4)C1. The molecule has 0 amide bonds. The van der Waals surface area contributed by atoms with Crippen molar-refractivity contribution >= 4 is 0 Å². The van der Waals surface area contributed by atoms with Crippen molar-refractivity contribution < 1.29 is 0 Å². The molecular weight excluding hydrogens is 220 g/mol. The van der Waals surface area contributed by atoms with E-state index < -0.39 is 0 Å². The summed E-state index contributed by atoms with van der Waals surface area (Å²) in [5.74, 6) is 6.71. The van der Waals surface area contributed by atoms with E-state index in [1.807, 2.05) is 0 Å². The van der Waals surface area contributed by atoms with Gasteiger partial charge in [0, 0.05) is 19.1 Å². The molecule has 0 spiro atoms. The Kier molecular flexibility index (Phi) is 2.92. The lowest BCUT2D eigenvalue weighted by Gasteiger charge is -2.59. The summed E-state index contributed by atoms with van der Waals surface area (Å²) in [7, 11) is 0. The molecule has 102 valence electrons. The minimum Gasteiger partial charge on any atom is -0.329 e. The quantitative estimate of drug-likeness (QED) is 0.801. The van der Waals surface area contributed by atoms with E-state index in [0.717, 1.165) is 54.6 Å². The van der Waals surface area contributed by atoms with Gasteiger partial charge in [0.05, 0.1) is 0 Å². The third-order valence-electron chi connectivity index (χ3n) is 6.60. The van der Waals surface area contributed by atoms with Crippen LogP contribution in [0.15, 0.2) is 0 Å². The minimum atomic E-state index is 0.791. The van der Waals surface area contributed by atoms with E-state index in [9.17, 15) is 0 Å². The van der Waals surface area contributed by atoms with Crippen LogP contribution in [0, 0.1) is 35.5 Å². The second-order valence-electron chi connectivity index (χ2n) is 7.68. The fourth-order valence-electron chi connectivity index (χ4n) is 6.17. The van der Waals surface area contributed by atoms with Crippen LogP contribution in [0.2, 0.25) is 0 Å². The van der Waals surface area contributed by atoms with E-state index in [1.54, 1.807) is 32.1 Å². The third-order valence-corrected chi connectivity index (χ3v) is 6.60. The molecular formula is C16H28N2. The van der Waals surface area contributed by atoms with E-state index in [-0.39, 0.29) is 0 Å². The Hall–Kier alpha value is -0.0800. The van der Waals surface area contributed by atoms with E-state index in [1.165, 1.54) is 12.8 Å². The van der Waals surface area contributed by atoms with E-state index >= 15 is 0 Å². The molecule has 0 aromatic rings. The maximum atomic E-state index is 5.57. The highest BCUT2D eigenvalue weighted by molar-refractivity contribution is 5.03. The monoisotopic (exact) mass is 248 g/mol. The zero-order valence-electron chi connectivity index (χ0n) is 11.5. The topological polar surface area (TPSA) is 38.0 Å². The molecule has 5 fully saturated rings. The van der Waals surface area contributed by atoms with Crippen molar-refractivity contribution in [3.63, 3.8) is 0 Å². The molecule has 0 aliphatic heterocycles. The Morgan fingerprint density at radius 1 is 0.778 bits per heavy atom. The van der Waals surface area contributed by atoms with Gasteiger partial charge in [-0.3, -0.25) is 0 Å². The van der Waals surface area contributed by atoms with E-state index in [4.69, 9.17) is 5.73 Å². The highest BCUT2D eigenvalue weighted by Crippen LogP contribution is 2.60. The van der Waals surface area contributed by atoms with Crippen LogP contribution in [-0.4, -0.2) is 19.1 Å². The molecule has 0 unspecified atom stereocenters. The van der Waals surface area contributed by atoms with Gasteiger partial charge in [-0.2, -0.15) is 0 Å². The summed E-state index contributed by atoms with van der Waals surface area (Å²) in [5.41, 5.74) is 5.57. The van der Waals surface area contributed by atoms with Crippen molar-refractivity contribution in [1.29, 1.82) is 0 Å². The molecule has 4 bridgehead atoms. The van der Waals surface area contributed by atoms with Crippen molar-refractivity contribution in [3.05, 3.63) is 0 Å². The summed E-state index contributed by atoms with van der Waals surface area (Å²) >= 11 is 0. The lowest BCUT2D eigenvalue weighted by atomic mass is 9.47. The van der Waals surface area contributed by atoms with Crippen molar-refractivity contribution in [2.75, 3.05) is 13.1 Å². The lowest BCUT2D eigenvalue weighted by Crippen LogP contribution is -2.53. The first-order valence-electron chi connectivity index (χ1n) is 8.27. The third kappa shape index (κ3) is 1.84. The average Bonchev–Trinajstić information content (AvgIpc) is 2.29. The summed E-state index contributed by atoms with van der Waals surface area (Å²) in [4.78, 5) is 0. The van der Waals surface area contributed by atoms with Gasteiger partial charge in [0.2, 0.25) is 0 Å². The summed E-state index contributed by atoms with van der Waals surface area (Å²) < 4.78 is 0. The number of hydrogen-bond acceptors (Lipinski definition) is 2. The number of nitrogens with one attached hydrogen (secondary N) is 1. The Labute approximate surface area is 111 Å². The molecule has 3 N–H and O–H groups in total. The number of rotatable bonds is 4. The summed E-state index contributed by atoms with van der Waals surface area (Å²) in [6.45, 7) is 1.80. The Balaban J connectivity index is 1.36. The molecule has 0 heterocycles. The fourth-order valence-corrected chi connectivity index (χ4v) is 6.17. The number of hydrogen-bond donors (Lipinski definition) is 2. The summed E-state index contributed by atoms with van der Waals surface area (Å²) in [6, 6.07) is 0.802. The average molecular weight is 248 g/mol. The second-order valence-corrected chi connectivity index (χ2v) is 7.68. The molecule has 0 aromatic heterocycles. The predicted octanol–water partition coefficient (Wildman–Crippen LogP) is 2.39. The van der Waals surface area contributed by atoms with Gasteiger partial charge in [-0.05, 0) is 80.5 Å². The highest BCUT2D eigenvalue weighted by atomic mass is 14.9. The van der Waals surface area contributed by atoms with Gasteiger partial charge in [0.25, 0.3) is 0 Å². The van der Waals surface area contributed by atoms with Gasteiger partial charge in [0.1, 0.15) is 0 Å². The first-order chi connectivity index (χ1) is 8.83. The molecule has 0 atom stereocenters. The van der Waals surface area contributed by atoms with Gasteiger partial charge in [-0.25, -0.2) is 0 Å². The summed E-state index contributed by atoms with van der Waals surface area (Å²) in [5, 5.41) is 3.60. The van der Waals surface area contributed by atoms with Crippen molar-refractivity contribution in [2.45, 2.75) is 51.0 Å². The van der Waals surface area contributed by atoms with Gasteiger partial charge in [0.15, 0.2) is 0 Å². The number of nitrogens with two attached hydrogens (primary N) is 1. The van der Waals surface area contributed by atoms with Crippen LogP contribution >= 0.6 is 0 Å². The van der Waals surface area contributed by atoms with Crippen LogP contribution in [0.25, 0.3) is 0 Å². The maximum Gasteiger partial charge on any atom is 0.00770 e. The Morgan fingerprint density at radius 2 is 1.33 bits per heavy atom. The molecule has 0 aromatic carbocycles. The van der Waals surface area contributed by atoms with Crippen LogP contribution in [-0.2, 0) is 0 Å². The molecule has 5 saturated carbocycles. The second kappa shape index (κ2) is 4.49. The fraction of sp³-hybridized carbons (Fsp3) is 1.00. The summed E-state index contributed by atoms with van der Waals surface area (Å²) in [6.07, 6.45) is 10.9. The normalized spacial score (nSPS) is 53.5. The van der Waals surface area contributed by atoms with Gasteiger partial charge >= 0.3 is 0 Å². The van der Waals surface area contributed by atoms with Gasteiger partial charge in [-0.1, -0.05) is 0 Å². The maximum absolute atomic E-state index is 5.57. The molecule has 18 heavy (non-hydrogen) atoms. The lowest BCUT2D eigenvalue weighted by molar-refractivity contribution is -0.0822. The Morgan fingerprint density at radius 3 is 1.89 bits per heavy atom. The molecule has 0 radical (unpaired) electrons. The van der Waals surface area contributed by atoms with Crippen LogP contribution in [0.1, 0.15) is 44.9 Å². The van der Waals surface area contributed by atoms with Gasteiger partial charge in [-0.15, -0.1) is 0 Å². The van der Waals surface area contributed by atoms with E-state index in [2.05, 4.69) is 5.32 Å². The molecule has 2 heteroatoms. The predicted molar refractivity (Wildman–Crippen MR) is 74.1 cm³/mol. The smallest absolute Gasteiger partial charge is 0.00770 e. The first kappa shape index (κ1) is 11.7. The molecule has 2 nitrogen and oxygen atoms in total. The van der Waals surface area contributed by atoms with Crippen LogP contribution in [0.3, 0.4) is 0 Å². The molecule has 0 saturated heterocycles. The molecule has 5 aliphatic carbocycles. The van der Waals surface area contributed by atoms with Crippen LogP contribution in [0.4, 0.5) is 0 Å². The highest BCUT2D eigenvalue weighted by Gasteiger charge is 2.52. The van der Waals surface area contributed by atoms with Crippen LogP contribution in [0.5, 0.6) is 0 Å². The van der Waals surface area contributed by atoms with Crippen LogP contribution < -0.4 is 11.1 Å².